The molecule has 2 amide bonds. The van der Waals surface area contributed by atoms with E-state index in [4.69, 9.17) is 39.5 Å². The SMILES string of the molecule is CC(Oc1ccc(Cl)cc1Cl)C(=O)Nc1cccc(C(=O)Nc2cccc(Cl)c2)c1. The van der Waals surface area contributed by atoms with Gasteiger partial charge in [0.05, 0.1) is 5.02 Å². The Morgan fingerprint density at radius 2 is 1.50 bits per heavy atom. The van der Waals surface area contributed by atoms with E-state index in [0.29, 0.717) is 37.8 Å². The van der Waals surface area contributed by atoms with Crippen molar-refractivity contribution in [2.45, 2.75) is 13.0 Å². The predicted octanol–water partition coefficient (Wildman–Crippen LogP) is 6.31. The molecule has 0 aliphatic heterocycles. The molecule has 0 radical (unpaired) electrons. The van der Waals surface area contributed by atoms with Crippen LogP contribution in [0.4, 0.5) is 11.4 Å². The molecule has 154 valence electrons. The van der Waals surface area contributed by atoms with Crippen molar-refractivity contribution >= 4 is 58.0 Å². The molecule has 3 aromatic carbocycles. The largest absolute Gasteiger partial charge is 0.479 e. The summed E-state index contributed by atoms with van der Waals surface area (Å²) in [6.45, 7) is 1.59. The minimum absolute atomic E-state index is 0.307. The summed E-state index contributed by atoms with van der Waals surface area (Å²) < 4.78 is 5.61. The fourth-order valence-electron chi connectivity index (χ4n) is 2.57. The van der Waals surface area contributed by atoms with Crippen LogP contribution in [0.15, 0.2) is 66.7 Å². The zero-order chi connectivity index (χ0) is 21.7. The molecule has 3 aromatic rings. The average Bonchev–Trinajstić information content (AvgIpc) is 2.70. The van der Waals surface area contributed by atoms with Gasteiger partial charge in [0.2, 0.25) is 0 Å². The monoisotopic (exact) mass is 462 g/mol. The Labute approximate surface area is 188 Å². The summed E-state index contributed by atoms with van der Waals surface area (Å²) in [7, 11) is 0. The smallest absolute Gasteiger partial charge is 0.265 e. The summed E-state index contributed by atoms with van der Waals surface area (Å²) in [6, 6.07) is 18.1. The maximum atomic E-state index is 12.5. The number of halogens is 3. The number of anilines is 2. The van der Waals surface area contributed by atoms with Gasteiger partial charge in [0.25, 0.3) is 11.8 Å². The molecule has 0 aromatic heterocycles. The summed E-state index contributed by atoms with van der Waals surface area (Å²) in [4.78, 5) is 25.0. The second kappa shape index (κ2) is 9.85. The van der Waals surface area contributed by atoms with Crippen molar-refractivity contribution in [1.29, 1.82) is 0 Å². The van der Waals surface area contributed by atoms with Crippen molar-refractivity contribution in [3.8, 4) is 5.75 Å². The maximum absolute atomic E-state index is 12.5. The van der Waals surface area contributed by atoms with Gasteiger partial charge >= 0.3 is 0 Å². The van der Waals surface area contributed by atoms with E-state index in [-0.39, 0.29) is 5.91 Å². The first-order valence-electron chi connectivity index (χ1n) is 8.91. The van der Waals surface area contributed by atoms with Gasteiger partial charge in [-0.3, -0.25) is 9.59 Å². The fraction of sp³-hybridized carbons (Fsp3) is 0.0909. The van der Waals surface area contributed by atoms with Crippen LogP contribution in [0.25, 0.3) is 0 Å². The number of hydrogen-bond donors (Lipinski definition) is 2. The molecule has 1 unspecified atom stereocenters. The van der Waals surface area contributed by atoms with E-state index in [1.165, 1.54) is 6.07 Å². The lowest BCUT2D eigenvalue weighted by Gasteiger charge is -2.16. The van der Waals surface area contributed by atoms with E-state index in [1.807, 2.05) is 0 Å². The molecule has 8 heteroatoms. The van der Waals surface area contributed by atoms with E-state index in [1.54, 1.807) is 67.6 Å². The third-order valence-corrected chi connectivity index (χ3v) is 4.81. The van der Waals surface area contributed by atoms with Crippen LogP contribution >= 0.6 is 34.8 Å². The Morgan fingerprint density at radius 3 is 2.20 bits per heavy atom. The molecule has 0 aliphatic carbocycles. The molecule has 0 bridgehead atoms. The highest BCUT2D eigenvalue weighted by Gasteiger charge is 2.17. The highest BCUT2D eigenvalue weighted by molar-refractivity contribution is 6.35. The molecule has 0 aliphatic rings. The number of carbonyl (C=O) groups excluding carboxylic acids is 2. The molecule has 30 heavy (non-hydrogen) atoms. The molecule has 0 fully saturated rings. The quantitative estimate of drug-likeness (QED) is 0.450. The Morgan fingerprint density at radius 1 is 0.833 bits per heavy atom. The maximum Gasteiger partial charge on any atom is 0.265 e. The minimum atomic E-state index is -0.826. The molecule has 5 nitrogen and oxygen atoms in total. The van der Waals surface area contributed by atoms with Gasteiger partial charge in [0.1, 0.15) is 5.75 Å². The van der Waals surface area contributed by atoms with Gasteiger partial charge < -0.3 is 15.4 Å². The average molecular weight is 464 g/mol. The van der Waals surface area contributed by atoms with E-state index < -0.39 is 12.0 Å². The van der Waals surface area contributed by atoms with Gasteiger partial charge in [0, 0.05) is 27.0 Å². The summed E-state index contributed by atoms with van der Waals surface area (Å²) in [6.07, 6.45) is -0.826. The number of rotatable bonds is 6. The fourth-order valence-corrected chi connectivity index (χ4v) is 3.21. The topological polar surface area (TPSA) is 67.4 Å². The molecule has 0 saturated carbocycles. The van der Waals surface area contributed by atoms with E-state index in [0.717, 1.165) is 0 Å². The first-order valence-corrected chi connectivity index (χ1v) is 10.0. The van der Waals surface area contributed by atoms with Crippen LogP contribution < -0.4 is 15.4 Å². The molecule has 2 N–H and O–H groups in total. The van der Waals surface area contributed by atoms with Gasteiger partial charge in [-0.15, -0.1) is 0 Å². The Kier molecular flexibility index (Phi) is 7.21. The van der Waals surface area contributed by atoms with Crippen molar-refractivity contribution < 1.29 is 14.3 Å². The zero-order valence-electron chi connectivity index (χ0n) is 15.8. The van der Waals surface area contributed by atoms with Crippen LogP contribution in [0.3, 0.4) is 0 Å². The number of hydrogen-bond acceptors (Lipinski definition) is 3. The molecule has 0 spiro atoms. The van der Waals surface area contributed by atoms with Crippen molar-refractivity contribution in [2.24, 2.45) is 0 Å². The predicted molar refractivity (Wildman–Crippen MR) is 121 cm³/mol. The Bertz CT molecular complexity index is 1090. The van der Waals surface area contributed by atoms with Crippen LogP contribution in [-0.2, 0) is 4.79 Å². The minimum Gasteiger partial charge on any atom is -0.479 e. The summed E-state index contributed by atoms with van der Waals surface area (Å²) in [5.74, 6) is -0.377. The zero-order valence-corrected chi connectivity index (χ0v) is 18.1. The normalized spacial score (nSPS) is 11.5. The van der Waals surface area contributed by atoms with Gasteiger partial charge in [-0.05, 0) is 61.5 Å². The third-order valence-electron chi connectivity index (χ3n) is 4.04. The number of amides is 2. The summed E-state index contributed by atoms with van der Waals surface area (Å²) in [5.41, 5.74) is 1.40. The molecule has 1 atom stereocenters. The van der Waals surface area contributed by atoms with Gasteiger partial charge in [-0.2, -0.15) is 0 Å². The van der Waals surface area contributed by atoms with Crippen molar-refractivity contribution in [2.75, 3.05) is 10.6 Å². The third kappa shape index (κ3) is 5.89. The van der Waals surface area contributed by atoms with Crippen molar-refractivity contribution in [3.05, 3.63) is 87.4 Å². The highest BCUT2D eigenvalue weighted by atomic mass is 35.5. The first-order chi connectivity index (χ1) is 14.3. The first kappa shape index (κ1) is 22.0. The number of benzene rings is 3. The second-order valence-electron chi connectivity index (χ2n) is 6.37. The van der Waals surface area contributed by atoms with Crippen molar-refractivity contribution in [3.63, 3.8) is 0 Å². The standard InChI is InChI=1S/C22H17Cl3N2O3/c1-13(30-20-9-8-16(24)12-19(20)25)21(28)26-17-6-2-4-14(10-17)22(29)27-18-7-3-5-15(23)11-18/h2-13H,1H3,(H,26,28)(H,27,29). The summed E-state index contributed by atoms with van der Waals surface area (Å²) >= 11 is 17.9. The van der Waals surface area contributed by atoms with Crippen LogP contribution in [0.5, 0.6) is 5.75 Å². The van der Waals surface area contributed by atoms with Crippen molar-refractivity contribution in [1.82, 2.24) is 0 Å². The number of ether oxygens (including phenoxy) is 1. The van der Waals surface area contributed by atoms with E-state index >= 15 is 0 Å². The van der Waals surface area contributed by atoms with E-state index in [9.17, 15) is 9.59 Å². The highest BCUT2D eigenvalue weighted by Crippen LogP contribution is 2.28. The molecule has 0 saturated heterocycles. The van der Waals surface area contributed by atoms with Crippen LogP contribution in [0.2, 0.25) is 15.1 Å². The Balaban J connectivity index is 1.65. The molecular weight excluding hydrogens is 447 g/mol. The van der Waals surface area contributed by atoms with Crippen LogP contribution in [0, 0.1) is 0 Å². The van der Waals surface area contributed by atoms with Gasteiger partial charge in [0.15, 0.2) is 6.10 Å². The molecule has 3 rings (SSSR count). The number of nitrogens with one attached hydrogen (secondary N) is 2. The van der Waals surface area contributed by atoms with E-state index in [2.05, 4.69) is 10.6 Å². The Hall–Kier alpha value is -2.73. The van der Waals surface area contributed by atoms with Gasteiger partial charge in [-0.1, -0.05) is 46.9 Å². The van der Waals surface area contributed by atoms with Crippen LogP contribution in [0.1, 0.15) is 17.3 Å². The van der Waals surface area contributed by atoms with Gasteiger partial charge in [-0.25, -0.2) is 0 Å². The lowest BCUT2D eigenvalue weighted by atomic mass is 10.1. The summed E-state index contributed by atoms with van der Waals surface area (Å²) in [5, 5.41) is 6.78. The lowest BCUT2D eigenvalue weighted by Crippen LogP contribution is -2.30. The molecule has 0 heterocycles. The second-order valence-corrected chi connectivity index (χ2v) is 7.65. The van der Waals surface area contributed by atoms with Crippen LogP contribution in [-0.4, -0.2) is 17.9 Å². The molecular formula is C22H17Cl3N2O3. The lowest BCUT2D eigenvalue weighted by molar-refractivity contribution is -0.122. The number of carbonyl (C=O) groups is 2.